The number of carbonyl (C=O) groups is 1. The normalized spacial score (nSPS) is 14.1. The van der Waals surface area contributed by atoms with Gasteiger partial charge in [-0.1, -0.05) is 26.7 Å². The van der Waals surface area contributed by atoms with Crippen LogP contribution in [0.25, 0.3) is 0 Å². The van der Waals surface area contributed by atoms with E-state index in [1.54, 1.807) is 30.8 Å². The summed E-state index contributed by atoms with van der Waals surface area (Å²) in [6, 6.07) is 7.96. The van der Waals surface area contributed by atoms with Gasteiger partial charge in [0.15, 0.2) is 5.76 Å². The SMILES string of the molecule is CCOC(=O)Cc1ccc(C#Cc2cc3c(cc2SCC)OCCC3(SCC)SCC)o1. The smallest absolute Gasteiger partial charge is 0.313 e. The van der Waals surface area contributed by atoms with E-state index in [1.165, 1.54) is 5.56 Å². The molecular formula is C25H30O4S3. The molecule has 0 amide bonds. The summed E-state index contributed by atoms with van der Waals surface area (Å²) < 4.78 is 16.8. The molecule has 0 saturated carbocycles. The summed E-state index contributed by atoms with van der Waals surface area (Å²) in [5, 5.41) is 0. The molecule has 1 aromatic heterocycles. The average molecular weight is 491 g/mol. The van der Waals surface area contributed by atoms with Crippen LogP contribution in [0.15, 0.2) is 33.6 Å². The van der Waals surface area contributed by atoms with Gasteiger partial charge in [-0.2, -0.15) is 0 Å². The van der Waals surface area contributed by atoms with Crippen molar-refractivity contribution >= 4 is 41.3 Å². The monoisotopic (exact) mass is 490 g/mol. The fraction of sp³-hybridized carbons (Fsp3) is 0.480. The van der Waals surface area contributed by atoms with Gasteiger partial charge >= 0.3 is 5.97 Å². The summed E-state index contributed by atoms with van der Waals surface area (Å²) in [5.41, 5.74) is 2.22. The number of esters is 1. The first-order valence-corrected chi connectivity index (χ1v) is 14.0. The Bertz CT molecular complexity index is 981. The third-order valence-corrected chi connectivity index (χ3v) is 8.84. The summed E-state index contributed by atoms with van der Waals surface area (Å²) >= 11 is 5.74. The first kappa shape index (κ1) is 25.0. The van der Waals surface area contributed by atoms with Crippen LogP contribution in [0.5, 0.6) is 5.75 Å². The van der Waals surface area contributed by atoms with E-state index in [-0.39, 0.29) is 16.5 Å². The van der Waals surface area contributed by atoms with Gasteiger partial charge in [-0.15, -0.1) is 35.3 Å². The zero-order valence-electron chi connectivity index (χ0n) is 19.1. The van der Waals surface area contributed by atoms with Crippen molar-refractivity contribution < 1.29 is 18.7 Å². The third-order valence-electron chi connectivity index (χ3n) is 4.84. The lowest BCUT2D eigenvalue weighted by molar-refractivity contribution is -0.142. The van der Waals surface area contributed by atoms with Crippen LogP contribution in [0, 0.1) is 11.8 Å². The standard InChI is InChI=1S/C25H30O4S3/c1-5-27-24(26)16-20-12-11-19(29-20)10-9-18-15-21-22(17-23(18)30-6-2)28-14-13-25(21,31-7-3)32-8-4/h11-12,15,17H,5-8,13-14,16H2,1-4H3. The van der Waals surface area contributed by atoms with Crippen molar-refractivity contribution in [1.82, 2.24) is 0 Å². The van der Waals surface area contributed by atoms with Gasteiger partial charge in [0.05, 0.1) is 17.3 Å². The zero-order valence-corrected chi connectivity index (χ0v) is 21.6. The Morgan fingerprint density at radius 2 is 1.88 bits per heavy atom. The zero-order chi connectivity index (χ0) is 23.0. The van der Waals surface area contributed by atoms with Crippen LogP contribution in [-0.2, 0) is 20.0 Å². The number of furan rings is 1. The minimum atomic E-state index is -0.295. The predicted octanol–water partition coefficient (Wildman–Crippen LogP) is 6.34. The van der Waals surface area contributed by atoms with Crippen molar-refractivity contribution in [3.8, 4) is 17.6 Å². The molecule has 0 spiro atoms. The van der Waals surface area contributed by atoms with Crippen LogP contribution in [-0.4, -0.2) is 36.4 Å². The lowest BCUT2D eigenvalue weighted by Gasteiger charge is -2.38. The van der Waals surface area contributed by atoms with Gasteiger partial charge in [0.1, 0.15) is 17.9 Å². The molecule has 1 aliphatic rings. The Hall–Kier alpha value is -1.62. The number of ether oxygens (including phenoxy) is 2. The Labute approximate surface area is 204 Å². The Balaban J connectivity index is 1.95. The van der Waals surface area contributed by atoms with E-state index >= 15 is 0 Å². The number of fused-ring (bicyclic) bond motifs is 1. The van der Waals surface area contributed by atoms with E-state index in [2.05, 4.69) is 44.7 Å². The largest absolute Gasteiger partial charge is 0.493 e. The first-order chi connectivity index (χ1) is 15.5. The lowest BCUT2D eigenvalue weighted by Crippen LogP contribution is -2.27. The van der Waals surface area contributed by atoms with E-state index < -0.39 is 0 Å². The number of benzene rings is 1. The van der Waals surface area contributed by atoms with Gasteiger partial charge in [-0.3, -0.25) is 4.79 Å². The molecule has 172 valence electrons. The highest BCUT2D eigenvalue weighted by atomic mass is 32.2. The molecule has 0 fully saturated rings. The number of hydrogen-bond donors (Lipinski definition) is 0. The topological polar surface area (TPSA) is 48.7 Å². The Morgan fingerprint density at radius 1 is 1.09 bits per heavy atom. The minimum Gasteiger partial charge on any atom is -0.493 e. The van der Waals surface area contributed by atoms with E-state index in [0.717, 1.165) is 46.5 Å². The molecule has 7 heteroatoms. The van der Waals surface area contributed by atoms with Gasteiger partial charge in [0.25, 0.3) is 0 Å². The maximum atomic E-state index is 11.7. The fourth-order valence-electron chi connectivity index (χ4n) is 3.61. The van der Waals surface area contributed by atoms with E-state index in [9.17, 15) is 4.79 Å². The molecule has 2 aromatic rings. The van der Waals surface area contributed by atoms with Crippen molar-refractivity contribution in [3.05, 3.63) is 46.9 Å². The van der Waals surface area contributed by atoms with E-state index in [1.807, 2.05) is 23.5 Å². The molecule has 32 heavy (non-hydrogen) atoms. The van der Waals surface area contributed by atoms with Crippen molar-refractivity contribution in [2.45, 2.75) is 49.5 Å². The molecule has 0 N–H and O–H groups in total. The maximum absolute atomic E-state index is 11.7. The van der Waals surface area contributed by atoms with Crippen LogP contribution < -0.4 is 4.74 Å². The van der Waals surface area contributed by atoms with Crippen LogP contribution in [0.1, 0.15) is 56.8 Å². The Morgan fingerprint density at radius 3 is 2.56 bits per heavy atom. The van der Waals surface area contributed by atoms with Gasteiger partial charge < -0.3 is 13.9 Å². The summed E-state index contributed by atoms with van der Waals surface area (Å²) in [6.07, 6.45) is 1.10. The summed E-state index contributed by atoms with van der Waals surface area (Å²) in [5.74, 6) is 11.3. The van der Waals surface area contributed by atoms with Gasteiger partial charge in [0, 0.05) is 22.4 Å². The maximum Gasteiger partial charge on any atom is 0.313 e. The fourth-order valence-corrected chi connectivity index (χ4v) is 7.44. The van der Waals surface area contributed by atoms with Crippen LogP contribution in [0.2, 0.25) is 0 Å². The second-order valence-electron chi connectivity index (χ2n) is 6.99. The van der Waals surface area contributed by atoms with Crippen LogP contribution >= 0.6 is 35.3 Å². The highest BCUT2D eigenvalue weighted by molar-refractivity contribution is 8.17. The highest BCUT2D eigenvalue weighted by Crippen LogP contribution is 2.55. The molecule has 4 nitrogen and oxygen atoms in total. The van der Waals surface area contributed by atoms with Crippen LogP contribution in [0.4, 0.5) is 0 Å². The molecule has 0 saturated heterocycles. The second-order valence-corrected chi connectivity index (χ2v) is 11.7. The van der Waals surface area contributed by atoms with Crippen molar-refractivity contribution in [2.24, 2.45) is 0 Å². The summed E-state index contributed by atoms with van der Waals surface area (Å²) in [7, 11) is 0. The van der Waals surface area contributed by atoms with Crippen molar-refractivity contribution in [1.29, 1.82) is 0 Å². The van der Waals surface area contributed by atoms with E-state index in [0.29, 0.717) is 18.1 Å². The second kappa shape index (κ2) is 12.0. The molecular weight excluding hydrogens is 460 g/mol. The summed E-state index contributed by atoms with van der Waals surface area (Å²) in [6.45, 7) is 9.46. The quantitative estimate of drug-likeness (QED) is 0.176. The van der Waals surface area contributed by atoms with Gasteiger partial charge in [-0.25, -0.2) is 0 Å². The van der Waals surface area contributed by atoms with Gasteiger partial charge in [0.2, 0.25) is 0 Å². The summed E-state index contributed by atoms with van der Waals surface area (Å²) in [4.78, 5) is 12.8. The molecule has 0 aliphatic carbocycles. The van der Waals surface area contributed by atoms with Crippen molar-refractivity contribution in [2.75, 3.05) is 30.5 Å². The third kappa shape index (κ3) is 6.03. The molecule has 0 bridgehead atoms. The molecule has 3 rings (SSSR count). The highest BCUT2D eigenvalue weighted by Gasteiger charge is 2.38. The molecule has 1 aliphatic heterocycles. The molecule has 0 radical (unpaired) electrons. The first-order valence-electron chi connectivity index (χ1n) is 11.0. The lowest BCUT2D eigenvalue weighted by atomic mass is 10.0. The predicted molar refractivity (Wildman–Crippen MR) is 136 cm³/mol. The molecule has 1 aromatic carbocycles. The average Bonchev–Trinajstić information content (AvgIpc) is 3.20. The number of rotatable bonds is 9. The molecule has 2 heterocycles. The minimum absolute atomic E-state index is 0.000412. The number of thioether (sulfide) groups is 3. The van der Waals surface area contributed by atoms with Crippen LogP contribution in [0.3, 0.4) is 0 Å². The molecule has 0 atom stereocenters. The van der Waals surface area contributed by atoms with Crippen molar-refractivity contribution in [3.63, 3.8) is 0 Å². The number of hydrogen-bond acceptors (Lipinski definition) is 7. The molecule has 0 unspecified atom stereocenters. The van der Waals surface area contributed by atoms with Gasteiger partial charge in [-0.05, 0) is 54.4 Å². The number of carbonyl (C=O) groups excluding carboxylic acids is 1. The van der Waals surface area contributed by atoms with E-state index in [4.69, 9.17) is 13.9 Å². The Kier molecular flexibility index (Phi) is 9.39.